The first-order valence-corrected chi connectivity index (χ1v) is 7.24. The fraction of sp³-hybridized carbons (Fsp3) is 0.600. The molecule has 0 aromatic heterocycles. The molecule has 2 aliphatic heterocycles. The number of ether oxygens (including phenoxy) is 2. The number of fused-ring (bicyclic) bond motifs is 1. The minimum atomic E-state index is 0.628. The molecular formula is C15H22N2O2. The van der Waals surface area contributed by atoms with Crippen LogP contribution in [0.15, 0.2) is 18.2 Å². The summed E-state index contributed by atoms with van der Waals surface area (Å²) in [5.74, 6) is 1.75. The Hall–Kier alpha value is -1.26. The summed E-state index contributed by atoms with van der Waals surface area (Å²) < 4.78 is 11.1. The number of hydrogen-bond acceptors (Lipinski definition) is 4. The normalized spacial score (nSPS) is 22.8. The highest BCUT2D eigenvalue weighted by Gasteiger charge is 2.13. The van der Waals surface area contributed by atoms with Crippen molar-refractivity contribution in [3.05, 3.63) is 23.8 Å². The molecule has 0 aliphatic carbocycles. The van der Waals surface area contributed by atoms with Gasteiger partial charge in [0.05, 0.1) is 0 Å². The summed E-state index contributed by atoms with van der Waals surface area (Å²) in [5.41, 5.74) is 1.27. The molecule has 19 heavy (non-hydrogen) atoms. The highest BCUT2D eigenvalue weighted by molar-refractivity contribution is 5.43. The lowest BCUT2D eigenvalue weighted by molar-refractivity contribution is 0.171. The van der Waals surface area contributed by atoms with Gasteiger partial charge in [0, 0.05) is 12.6 Å². The van der Waals surface area contributed by atoms with Gasteiger partial charge in [0.25, 0.3) is 0 Å². The van der Waals surface area contributed by atoms with Gasteiger partial charge in [0.15, 0.2) is 11.5 Å². The van der Waals surface area contributed by atoms with Gasteiger partial charge in [-0.05, 0) is 50.0 Å². The van der Waals surface area contributed by atoms with Crippen molar-refractivity contribution in [1.82, 2.24) is 10.6 Å². The van der Waals surface area contributed by atoms with Gasteiger partial charge in [-0.1, -0.05) is 6.07 Å². The first kappa shape index (κ1) is 12.8. The van der Waals surface area contributed by atoms with Gasteiger partial charge in [-0.25, -0.2) is 0 Å². The maximum absolute atomic E-state index is 5.61. The lowest BCUT2D eigenvalue weighted by Crippen LogP contribution is -2.29. The molecule has 2 heterocycles. The highest BCUT2D eigenvalue weighted by Crippen LogP contribution is 2.30. The number of nitrogens with one attached hydrogen (secondary N) is 2. The Balaban J connectivity index is 1.57. The van der Waals surface area contributed by atoms with Crippen LogP contribution < -0.4 is 20.1 Å². The van der Waals surface area contributed by atoms with Crippen molar-refractivity contribution in [2.24, 2.45) is 0 Å². The maximum Gasteiger partial charge on any atom is 0.161 e. The molecule has 2 aliphatic rings. The van der Waals surface area contributed by atoms with E-state index in [4.69, 9.17) is 9.47 Å². The van der Waals surface area contributed by atoms with Gasteiger partial charge in [-0.2, -0.15) is 0 Å². The molecule has 1 atom stereocenters. The van der Waals surface area contributed by atoms with E-state index in [1.54, 1.807) is 0 Å². The lowest BCUT2D eigenvalue weighted by Gasteiger charge is -2.20. The summed E-state index contributed by atoms with van der Waals surface area (Å²) >= 11 is 0. The molecule has 1 aromatic rings. The minimum absolute atomic E-state index is 0.628. The van der Waals surface area contributed by atoms with E-state index in [1.165, 1.54) is 24.8 Å². The predicted molar refractivity (Wildman–Crippen MR) is 74.8 cm³/mol. The van der Waals surface area contributed by atoms with Crippen molar-refractivity contribution in [3.8, 4) is 11.5 Å². The van der Waals surface area contributed by atoms with Gasteiger partial charge < -0.3 is 20.1 Å². The fourth-order valence-corrected chi connectivity index (χ4v) is 2.68. The molecule has 1 unspecified atom stereocenters. The third kappa shape index (κ3) is 3.39. The molecule has 0 radical (unpaired) electrons. The average molecular weight is 262 g/mol. The van der Waals surface area contributed by atoms with E-state index in [9.17, 15) is 0 Å². The highest BCUT2D eigenvalue weighted by atomic mass is 16.6. The molecule has 0 amide bonds. The summed E-state index contributed by atoms with van der Waals surface area (Å²) in [7, 11) is 0. The van der Waals surface area contributed by atoms with Crippen LogP contribution in [0.1, 0.15) is 24.8 Å². The van der Waals surface area contributed by atoms with Crippen molar-refractivity contribution >= 4 is 0 Å². The van der Waals surface area contributed by atoms with E-state index in [0.29, 0.717) is 19.3 Å². The lowest BCUT2D eigenvalue weighted by atomic mass is 10.1. The monoisotopic (exact) mass is 262 g/mol. The van der Waals surface area contributed by atoms with Crippen molar-refractivity contribution in [2.75, 3.05) is 26.3 Å². The van der Waals surface area contributed by atoms with Crippen LogP contribution in [-0.4, -0.2) is 32.3 Å². The summed E-state index contributed by atoms with van der Waals surface area (Å²) in [6, 6.07) is 6.86. The summed E-state index contributed by atoms with van der Waals surface area (Å²) in [4.78, 5) is 0. The van der Waals surface area contributed by atoms with Crippen molar-refractivity contribution < 1.29 is 9.47 Å². The number of hydrogen-bond donors (Lipinski definition) is 2. The summed E-state index contributed by atoms with van der Waals surface area (Å²) in [6.45, 7) is 4.49. The van der Waals surface area contributed by atoms with Crippen LogP contribution >= 0.6 is 0 Å². The predicted octanol–water partition coefficient (Wildman–Crippen LogP) is 1.69. The molecule has 4 nitrogen and oxygen atoms in total. The molecule has 0 spiro atoms. The summed E-state index contributed by atoms with van der Waals surface area (Å²) in [6.07, 6.45) is 3.74. The topological polar surface area (TPSA) is 42.5 Å². The van der Waals surface area contributed by atoms with Crippen LogP contribution in [0, 0.1) is 0 Å². The second-order valence-electron chi connectivity index (χ2n) is 5.24. The molecule has 3 rings (SSSR count). The molecule has 2 N–H and O–H groups in total. The van der Waals surface area contributed by atoms with E-state index < -0.39 is 0 Å². The standard InChI is InChI=1S/C15H22N2O2/c1-2-13(5-7-16-6-1)17-11-12-3-4-14-15(10-12)19-9-8-18-14/h3-4,10,13,16-17H,1-2,5-9,11H2. The second-order valence-corrected chi connectivity index (χ2v) is 5.24. The molecule has 1 aromatic carbocycles. The fourth-order valence-electron chi connectivity index (χ4n) is 2.68. The molecule has 1 saturated heterocycles. The SMILES string of the molecule is c1cc2c(cc1CNC1CCCNCC1)OCCO2. The quantitative estimate of drug-likeness (QED) is 0.870. The van der Waals surface area contributed by atoms with Crippen LogP contribution in [0.4, 0.5) is 0 Å². The van der Waals surface area contributed by atoms with Crippen LogP contribution in [0.3, 0.4) is 0 Å². The van der Waals surface area contributed by atoms with Gasteiger partial charge in [-0.3, -0.25) is 0 Å². The Labute approximate surface area is 114 Å². The molecule has 104 valence electrons. The van der Waals surface area contributed by atoms with Gasteiger partial charge >= 0.3 is 0 Å². The molecule has 4 heteroatoms. The largest absolute Gasteiger partial charge is 0.486 e. The third-order valence-electron chi connectivity index (χ3n) is 3.78. The van der Waals surface area contributed by atoms with Crippen molar-refractivity contribution in [3.63, 3.8) is 0 Å². The smallest absolute Gasteiger partial charge is 0.161 e. The zero-order valence-electron chi connectivity index (χ0n) is 11.3. The molecular weight excluding hydrogens is 240 g/mol. The number of benzene rings is 1. The van der Waals surface area contributed by atoms with Gasteiger partial charge in [-0.15, -0.1) is 0 Å². The maximum atomic E-state index is 5.61. The Morgan fingerprint density at radius 1 is 1.11 bits per heavy atom. The van der Waals surface area contributed by atoms with E-state index in [0.717, 1.165) is 31.1 Å². The molecule has 0 bridgehead atoms. The molecule has 0 saturated carbocycles. The van der Waals surface area contributed by atoms with Crippen LogP contribution in [0.2, 0.25) is 0 Å². The van der Waals surface area contributed by atoms with Gasteiger partial charge in [0.1, 0.15) is 13.2 Å². The number of rotatable bonds is 3. The average Bonchev–Trinajstić information content (AvgIpc) is 2.73. The first-order chi connectivity index (χ1) is 9.42. The first-order valence-electron chi connectivity index (χ1n) is 7.24. The van der Waals surface area contributed by atoms with Gasteiger partial charge in [0.2, 0.25) is 0 Å². The van der Waals surface area contributed by atoms with E-state index >= 15 is 0 Å². The second kappa shape index (κ2) is 6.26. The van der Waals surface area contributed by atoms with Crippen molar-refractivity contribution in [1.29, 1.82) is 0 Å². The Morgan fingerprint density at radius 2 is 2.00 bits per heavy atom. The zero-order chi connectivity index (χ0) is 12.9. The Kier molecular flexibility index (Phi) is 4.20. The van der Waals surface area contributed by atoms with E-state index in [-0.39, 0.29) is 0 Å². The van der Waals surface area contributed by atoms with Crippen LogP contribution in [0.25, 0.3) is 0 Å². The van der Waals surface area contributed by atoms with Crippen LogP contribution in [0.5, 0.6) is 11.5 Å². The third-order valence-corrected chi connectivity index (χ3v) is 3.78. The Bertz CT molecular complexity index is 415. The van der Waals surface area contributed by atoms with E-state index in [2.05, 4.69) is 22.8 Å². The molecule has 1 fully saturated rings. The van der Waals surface area contributed by atoms with E-state index in [1.807, 2.05) is 6.07 Å². The van der Waals surface area contributed by atoms with Crippen LogP contribution in [-0.2, 0) is 6.54 Å². The van der Waals surface area contributed by atoms with Crippen molar-refractivity contribution in [2.45, 2.75) is 31.8 Å². The zero-order valence-corrected chi connectivity index (χ0v) is 11.3. The Morgan fingerprint density at radius 3 is 2.95 bits per heavy atom. The summed E-state index contributed by atoms with van der Waals surface area (Å²) in [5, 5.41) is 7.09. The minimum Gasteiger partial charge on any atom is -0.486 e.